The zero-order valence-electron chi connectivity index (χ0n) is 21.4. The molecule has 1 aliphatic carbocycles. The summed E-state index contributed by atoms with van der Waals surface area (Å²) in [6.07, 6.45) is 9.50. The van der Waals surface area contributed by atoms with Crippen LogP contribution >= 0.6 is 0 Å². The number of rotatable bonds is 8. The van der Waals surface area contributed by atoms with E-state index >= 15 is 0 Å². The Hall–Kier alpha value is -4.51. The Labute approximate surface area is 221 Å². The number of hydrogen-bond acceptors (Lipinski definition) is 5. The molecule has 0 radical (unpaired) electrons. The maximum absolute atomic E-state index is 13.0. The molecule has 1 N–H and O–H groups in total. The largest absolute Gasteiger partial charge is 0.315 e. The number of nitrogens with one attached hydrogen (secondary N) is 1. The van der Waals surface area contributed by atoms with E-state index in [2.05, 4.69) is 16.4 Å². The van der Waals surface area contributed by atoms with Gasteiger partial charge in [0.05, 0.1) is 22.7 Å². The van der Waals surface area contributed by atoms with Gasteiger partial charge < -0.3 is 9.47 Å². The minimum atomic E-state index is -0.306. The number of imidazole rings is 1. The van der Waals surface area contributed by atoms with Gasteiger partial charge in [0.1, 0.15) is 0 Å². The molecule has 1 fully saturated rings. The summed E-state index contributed by atoms with van der Waals surface area (Å²) in [6, 6.07) is 18.3. The third-order valence-electron chi connectivity index (χ3n) is 7.31. The average Bonchev–Trinajstić information content (AvgIpc) is 3.59. The highest BCUT2D eigenvalue weighted by atomic mass is 16.2. The third-order valence-corrected chi connectivity index (χ3v) is 7.31. The van der Waals surface area contributed by atoms with Crippen molar-refractivity contribution in [3.05, 3.63) is 83.7 Å². The molecule has 0 bridgehead atoms. The number of nitriles is 1. The zero-order valence-corrected chi connectivity index (χ0v) is 21.4. The van der Waals surface area contributed by atoms with Crippen molar-refractivity contribution in [1.82, 2.24) is 14.5 Å². The molecule has 38 heavy (non-hydrogen) atoms. The molecule has 8 nitrogen and oxygen atoms in total. The lowest BCUT2D eigenvalue weighted by molar-refractivity contribution is -0.119. The monoisotopic (exact) mass is 506 g/mol. The highest BCUT2D eigenvalue weighted by Gasteiger charge is 2.22. The molecule has 0 atom stereocenters. The van der Waals surface area contributed by atoms with Gasteiger partial charge in [0.2, 0.25) is 11.9 Å². The molecule has 0 aliphatic heterocycles. The number of fused-ring (bicyclic) bond motifs is 1. The normalized spacial score (nSPS) is 13.4. The summed E-state index contributed by atoms with van der Waals surface area (Å²) < 4.78 is 1.99. The molecule has 2 amide bonds. The first-order valence-electron chi connectivity index (χ1n) is 13.0. The van der Waals surface area contributed by atoms with E-state index in [4.69, 9.17) is 10.2 Å². The summed E-state index contributed by atoms with van der Waals surface area (Å²) in [7, 11) is 1.81. The number of nitrogens with zero attached hydrogens (tertiary/aromatic N) is 5. The molecular formula is C30H30N6O2. The number of benzene rings is 2. The van der Waals surface area contributed by atoms with Crippen molar-refractivity contribution in [3.63, 3.8) is 0 Å². The fourth-order valence-electron chi connectivity index (χ4n) is 5.05. The van der Waals surface area contributed by atoms with Gasteiger partial charge in [-0.05, 0) is 85.3 Å². The van der Waals surface area contributed by atoms with E-state index < -0.39 is 0 Å². The number of carbonyl (C=O) groups excluding carboxylic acids is 2. The van der Waals surface area contributed by atoms with Crippen LogP contribution in [0.4, 0.5) is 11.6 Å². The van der Waals surface area contributed by atoms with Crippen LogP contribution in [0.2, 0.25) is 0 Å². The lowest BCUT2D eigenvalue weighted by atomic mass is 10.0. The van der Waals surface area contributed by atoms with E-state index in [1.54, 1.807) is 41.6 Å². The lowest BCUT2D eigenvalue weighted by Gasteiger charge is -2.19. The smallest absolute Gasteiger partial charge is 0.257 e. The van der Waals surface area contributed by atoms with Gasteiger partial charge >= 0.3 is 0 Å². The van der Waals surface area contributed by atoms with Crippen LogP contribution in [0, 0.1) is 17.2 Å². The van der Waals surface area contributed by atoms with Crippen molar-refractivity contribution in [3.8, 4) is 6.07 Å². The van der Waals surface area contributed by atoms with Crippen LogP contribution in [0.3, 0.4) is 0 Å². The summed E-state index contributed by atoms with van der Waals surface area (Å²) >= 11 is 0. The summed E-state index contributed by atoms with van der Waals surface area (Å²) in [5.74, 6) is 0.715. The van der Waals surface area contributed by atoms with Gasteiger partial charge in [-0.1, -0.05) is 12.8 Å². The first-order valence-corrected chi connectivity index (χ1v) is 13.0. The molecule has 0 unspecified atom stereocenters. The number of carbonyl (C=O) groups is 2. The van der Waals surface area contributed by atoms with Crippen LogP contribution in [0.1, 0.15) is 53.6 Å². The lowest BCUT2D eigenvalue weighted by Crippen LogP contribution is -2.27. The Bertz CT molecular complexity index is 1480. The Morgan fingerprint density at radius 1 is 1.08 bits per heavy atom. The predicted octanol–water partition coefficient (Wildman–Crippen LogP) is 5.34. The minimum absolute atomic E-state index is 0.114. The van der Waals surface area contributed by atoms with Gasteiger partial charge in [-0.15, -0.1) is 0 Å². The quantitative estimate of drug-likeness (QED) is 0.347. The fraction of sp³-hybridized carbons (Fsp3) is 0.300. The fourth-order valence-corrected chi connectivity index (χ4v) is 5.05. The van der Waals surface area contributed by atoms with Crippen molar-refractivity contribution < 1.29 is 9.59 Å². The van der Waals surface area contributed by atoms with Crippen LogP contribution in [0.15, 0.2) is 67.0 Å². The summed E-state index contributed by atoms with van der Waals surface area (Å²) in [5.41, 5.74) is 4.41. The maximum Gasteiger partial charge on any atom is 0.257 e. The van der Waals surface area contributed by atoms with Crippen LogP contribution in [-0.4, -0.2) is 33.4 Å². The minimum Gasteiger partial charge on any atom is -0.315 e. The van der Waals surface area contributed by atoms with Crippen molar-refractivity contribution in [2.45, 2.75) is 45.1 Å². The molecule has 4 aromatic rings. The van der Waals surface area contributed by atoms with Crippen LogP contribution in [0.25, 0.3) is 11.0 Å². The molecule has 0 spiro atoms. The number of aromatic nitrogens is 3. The van der Waals surface area contributed by atoms with Gasteiger partial charge in [0.15, 0.2) is 0 Å². The maximum atomic E-state index is 13.0. The van der Waals surface area contributed by atoms with Gasteiger partial charge in [-0.2, -0.15) is 5.26 Å². The molecule has 0 saturated heterocycles. The van der Waals surface area contributed by atoms with E-state index in [9.17, 15) is 9.59 Å². The highest BCUT2D eigenvalue weighted by molar-refractivity contribution is 6.04. The number of amides is 2. The Kier molecular flexibility index (Phi) is 7.45. The molecular weight excluding hydrogens is 476 g/mol. The van der Waals surface area contributed by atoms with E-state index in [-0.39, 0.29) is 11.8 Å². The second-order valence-electron chi connectivity index (χ2n) is 9.82. The van der Waals surface area contributed by atoms with E-state index in [1.165, 1.54) is 12.8 Å². The van der Waals surface area contributed by atoms with Gasteiger partial charge in [0, 0.05) is 43.7 Å². The third kappa shape index (κ3) is 5.57. The molecule has 1 saturated carbocycles. The highest BCUT2D eigenvalue weighted by Crippen LogP contribution is 2.30. The second-order valence-corrected chi connectivity index (χ2v) is 9.82. The Morgan fingerprint density at radius 2 is 1.82 bits per heavy atom. The summed E-state index contributed by atoms with van der Waals surface area (Å²) in [4.78, 5) is 36.5. The molecule has 1 aliphatic rings. The Balaban J connectivity index is 1.42. The standard InChI is InChI=1S/C30H30N6O2/c1-35(28(37)18-22-4-2-3-5-22)25-10-11-27-26(19-25)33-30(36(27)17-14-21-12-15-32-16-13-21)34-29(38)24-8-6-23(20-31)7-9-24/h6-13,15-16,19,22H,2-5,14,17-18H2,1H3,(H,33,34,38). The zero-order chi connectivity index (χ0) is 26.5. The first kappa shape index (κ1) is 25.2. The molecule has 2 heterocycles. The van der Waals surface area contributed by atoms with Crippen molar-refractivity contribution in [2.75, 3.05) is 17.3 Å². The van der Waals surface area contributed by atoms with Crippen LogP contribution < -0.4 is 10.2 Å². The topological polar surface area (TPSA) is 104 Å². The number of hydrogen-bond donors (Lipinski definition) is 1. The van der Waals surface area contributed by atoms with Crippen LogP contribution in [-0.2, 0) is 17.8 Å². The second kappa shape index (κ2) is 11.3. The average molecular weight is 507 g/mol. The first-order chi connectivity index (χ1) is 18.5. The van der Waals surface area contributed by atoms with Crippen molar-refractivity contribution >= 4 is 34.5 Å². The molecule has 8 heteroatoms. The molecule has 192 valence electrons. The van der Waals surface area contributed by atoms with Crippen molar-refractivity contribution in [1.29, 1.82) is 5.26 Å². The van der Waals surface area contributed by atoms with E-state index in [1.807, 2.05) is 41.9 Å². The Morgan fingerprint density at radius 3 is 2.53 bits per heavy atom. The van der Waals surface area contributed by atoms with Crippen molar-refractivity contribution in [2.24, 2.45) is 5.92 Å². The van der Waals surface area contributed by atoms with Gasteiger partial charge in [0.25, 0.3) is 5.91 Å². The molecule has 2 aromatic heterocycles. The molecule has 5 rings (SSSR count). The molecule has 2 aromatic carbocycles. The number of aryl methyl sites for hydroxylation is 2. The van der Waals surface area contributed by atoms with E-state index in [0.29, 0.717) is 41.5 Å². The van der Waals surface area contributed by atoms with Crippen LogP contribution in [0.5, 0.6) is 0 Å². The predicted molar refractivity (Wildman–Crippen MR) is 147 cm³/mol. The number of pyridine rings is 1. The SMILES string of the molecule is CN(C(=O)CC1CCCC1)c1ccc2c(c1)nc(NC(=O)c1ccc(C#N)cc1)n2CCc1ccncc1. The summed E-state index contributed by atoms with van der Waals surface area (Å²) in [5, 5.41) is 12.0. The van der Waals surface area contributed by atoms with Gasteiger partial charge in [-0.25, -0.2) is 4.98 Å². The van der Waals surface area contributed by atoms with Gasteiger partial charge in [-0.3, -0.25) is 19.9 Å². The van der Waals surface area contributed by atoms with E-state index in [0.717, 1.165) is 36.0 Å². The summed E-state index contributed by atoms with van der Waals surface area (Å²) in [6.45, 7) is 0.597. The number of anilines is 2.